The summed E-state index contributed by atoms with van der Waals surface area (Å²) in [6.45, 7) is 8.08. The first-order valence-corrected chi connectivity index (χ1v) is 11.4. The average Bonchev–Trinajstić information content (AvgIpc) is 3.03. The zero-order valence-electron chi connectivity index (χ0n) is 18.5. The van der Waals surface area contributed by atoms with Crippen molar-refractivity contribution in [1.82, 2.24) is 9.88 Å². The molecule has 0 aliphatic carbocycles. The number of carbonyl (C=O) groups is 2. The van der Waals surface area contributed by atoms with Gasteiger partial charge in [-0.05, 0) is 93.0 Å². The summed E-state index contributed by atoms with van der Waals surface area (Å²) in [7, 11) is 0. The minimum atomic E-state index is -0.566. The van der Waals surface area contributed by atoms with Crippen LogP contribution in [0.4, 0.5) is 5.69 Å². The average molecular weight is 498 g/mol. The lowest BCUT2D eigenvalue weighted by atomic mass is 10.1. The molecule has 8 heteroatoms. The monoisotopic (exact) mass is 497 g/mol. The molecule has 1 aromatic heterocycles. The van der Waals surface area contributed by atoms with E-state index in [-0.39, 0.29) is 20.7 Å². The van der Waals surface area contributed by atoms with Crippen molar-refractivity contribution >= 4 is 64.1 Å². The smallest absolute Gasteiger partial charge is 0.270 e. The van der Waals surface area contributed by atoms with Crippen LogP contribution in [0, 0.1) is 27.7 Å². The lowest BCUT2D eigenvalue weighted by Crippen LogP contribution is -2.54. The zero-order valence-corrected chi connectivity index (χ0v) is 20.8. The van der Waals surface area contributed by atoms with Crippen LogP contribution < -0.4 is 10.2 Å². The molecule has 1 saturated heterocycles. The van der Waals surface area contributed by atoms with Gasteiger partial charge in [-0.3, -0.25) is 19.8 Å². The number of aromatic nitrogens is 1. The molecule has 1 aliphatic rings. The summed E-state index contributed by atoms with van der Waals surface area (Å²) in [5.74, 6) is -1.13. The predicted octanol–water partition coefficient (Wildman–Crippen LogP) is 5.85. The number of benzene rings is 2. The molecule has 1 fully saturated rings. The molecule has 5 nitrogen and oxygen atoms in total. The normalized spacial score (nSPS) is 15.4. The Balaban J connectivity index is 1.79. The summed E-state index contributed by atoms with van der Waals surface area (Å²) in [5, 5.41) is 2.99. The van der Waals surface area contributed by atoms with Crippen molar-refractivity contribution < 1.29 is 9.59 Å². The quantitative estimate of drug-likeness (QED) is 0.280. The second-order valence-electron chi connectivity index (χ2n) is 7.96. The number of aryl methyl sites for hydroxylation is 3. The van der Waals surface area contributed by atoms with Crippen LogP contribution in [0.25, 0.3) is 11.8 Å². The highest BCUT2D eigenvalue weighted by molar-refractivity contribution is 7.80. The highest BCUT2D eigenvalue weighted by Gasteiger charge is 2.36. The molecule has 2 amide bonds. The molecule has 0 spiro atoms. The molecule has 1 aliphatic heterocycles. The van der Waals surface area contributed by atoms with Crippen LogP contribution in [-0.4, -0.2) is 21.5 Å². The van der Waals surface area contributed by atoms with Gasteiger partial charge in [-0.15, -0.1) is 0 Å². The molecule has 2 aromatic carbocycles. The van der Waals surface area contributed by atoms with Gasteiger partial charge in [-0.2, -0.15) is 0 Å². The minimum Gasteiger partial charge on any atom is -0.318 e. The maximum atomic E-state index is 13.4. The molecule has 0 atom stereocenters. The maximum Gasteiger partial charge on any atom is 0.270 e. The van der Waals surface area contributed by atoms with E-state index in [2.05, 4.69) is 41.9 Å². The van der Waals surface area contributed by atoms with Crippen molar-refractivity contribution in [1.29, 1.82) is 0 Å². The molecule has 0 bridgehead atoms. The van der Waals surface area contributed by atoms with Crippen molar-refractivity contribution in [3.8, 4) is 5.69 Å². The Kier molecular flexibility index (Phi) is 6.18. The molecule has 1 N–H and O–H groups in total. The predicted molar refractivity (Wildman–Crippen MR) is 137 cm³/mol. The van der Waals surface area contributed by atoms with Gasteiger partial charge in [0.1, 0.15) is 5.57 Å². The second kappa shape index (κ2) is 8.78. The van der Waals surface area contributed by atoms with E-state index in [0.717, 1.165) is 22.6 Å². The van der Waals surface area contributed by atoms with E-state index in [9.17, 15) is 9.59 Å². The van der Waals surface area contributed by atoms with Crippen molar-refractivity contribution in [2.45, 2.75) is 27.7 Å². The summed E-state index contributed by atoms with van der Waals surface area (Å²) in [6.07, 6.45) is 1.59. The molecular weight excluding hydrogens is 477 g/mol. The summed E-state index contributed by atoms with van der Waals surface area (Å²) in [6, 6.07) is 13.1. The Morgan fingerprint density at radius 2 is 1.70 bits per heavy atom. The standard InChI is InChI=1S/C25H21Cl2N3O2S/c1-13-8-9-18(10-14(13)2)29-15(3)11-17(16(29)4)12-19-23(31)28-25(33)30(24(19)32)21-7-5-6-20(26)22(21)27/h5-12H,1-4H3,(H,28,31,33)/b19-12+. The van der Waals surface area contributed by atoms with Crippen molar-refractivity contribution in [3.63, 3.8) is 0 Å². The number of hydrogen-bond acceptors (Lipinski definition) is 3. The van der Waals surface area contributed by atoms with E-state index in [1.54, 1.807) is 24.3 Å². The van der Waals surface area contributed by atoms with Gasteiger partial charge in [0.2, 0.25) is 0 Å². The Labute approximate surface area is 207 Å². The third-order valence-corrected chi connectivity index (χ3v) is 6.89. The van der Waals surface area contributed by atoms with Gasteiger partial charge in [0.05, 0.1) is 15.7 Å². The number of hydrogen-bond donors (Lipinski definition) is 1. The van der Waals surface area contributed by atoms with Crippen LogP contribution in [0.2, 0.25) is 10.0 Å². The molecule has 0 saturated carbocycles. The van der Waals surface area contributed by atoms with E-state index < -0.39 is 11.8 Å². The summed E-state index contributed by atoms with van der Waals surface area (Å²) in [5.41, 5.74) is 6.33. The lowest BCUT2D eigenvalue weighted by Gasteiger charge is -2.29. The van der Waals surface area contributed by atoms with Crippen LogP contribution in [0.15, 0.2) is 48.0 Å². The fraction of sp³-hybridized carbons (Fsp3) is 0.160. The third kappa shape index (κ3) is 4.10. The van der Waals surface area contributed by atoms with Gasteiger partial charge in [0.25, 0.3) is 11.8 Å². The van der Waals surface area contributed by atoms with E-state index in [1.165, 1.54) is 16.0 Å². The fourth-order valence-electron chi connectivity index (χ4n) is 3.89. The van der Waals surface area contributed by atoms with E-state index in [1.807, 2.05) is 19.9 Å². The van der Waals surface area contributed by atoms with Crippen molar-refractivity contribution in [2.24, 2.45) is 0 Å². The van der Waals surface area contributed by atoms with Gasteiger partial charge >= 0.3 is 0 Å². The Morgan fingerprint density at radius 1 is 0.970 bits per heavy atom. The van der Waals surface area contributed by atoms with Gasteiger partial charge in [-0.1, -0.05) is 35.3 Å². The van der Waals surface area contributed by atoms with Crippen LogP contribution in [0.3, 0.4) is 0 Å². The highest BCUT2D eigenvalue weighted by atomic mass is 35.5. The zero-order chi connectivity index (χ0) is 24.0. The topological polar surface area (TPSA) is 54.3 Å². The Morgan fingerprint density at radius 3 is 2.39 bits per heavy atom. The lowest BCUT2D eigenvalue weighted by molar-refractivity contribution is -0.122. The van der Waals surface area contributed by atoms with Crippen molar-refractivity contribution in [3.05, 3.63) is 86.2 Å². The first kappa shape index (κ1) is 23.2. The van der Waals surface area contributed by atoms with Gasteiger partial charge in [-0.25, -0.2) is 0 Å². The molecule has 33 heavy (non-hydrogen) atoms. The van der Waals surface area contributed by atoms with Crippen LogP contribution in [0.1, 0.15) is 28.1 Å². The SMILES string of the molecule is Cc1ccc(-n2c(C)cc(/C=C3\C(=O)NC(=S)N(c4cccc(Cl)c4Cl)C3=O)c2C)cc1C. The number of halogens is 2. The van der Waals surface area contributed by atoms with Crippen LogP contribution >= 0.6 is 35.4 Å². The number of thiocarbonyl (C=S) groups is 1. The molecule has 0 unspecified atom stereocenters. The fourth-order valence-corrected chi connectivity index (χ4v) is 4.55. The summed E-state index contributed by atoms with van der Waals surface area (Å²) in [4.78, 5) is 27.3. The Hall–Kier alpha value is -2.93. The number of rotatable bonds is 3. The number of nitrogens with zero attached hydrogens (tertiary/aromatic N) is 2. The molecule has 2 heterocycles. The van der Waals surface area contributed by atoms with Crippen LogP contribution in [-0.2, 0) is 9.59 Å². The number of nitrogens with one attached hydrogen (secondary N) is 1. The summed E-state index contributed by atoms with van der Waals surface area (Å²) >= 11 is 17.7. The molecule has 168 valence electrons. The van der Waals surface area contributed by atoms with Gasteiger partial charge in [0.15, 0.2) is 5.11 Å². The third-order valence-electron chi connectivity index (χ3n) is 5.79. The highest BCUT2D eigenvalue weighted by Crippen LogP contribution is 2.34. The summed E-state index contributed by atoms with van der Waals surface area (Å²) < 4.78 is 2.10. The van der Waals surface area contributed by atoms with Crippen molar-refractivity contribution in [2.75, 3.05) is 4.90 Å². The number of anilines is 1. The molecular formula is C25H21Cl2N3O2S. The number of carbonyl (C=O) groups excluding carboxylic acids is 2. The van der Waals surface area contributed by atoms with E-state index in [4.69, 9.17) is 35.4 Å². The Bertz CT molecular complexity index is 1370. The van der Waals surface area contributed by atoms with Gasteiger partial charge in [0, 0.05) is 17.1 Å². The van der Waals surface area contributed by atoms with E-state index in [0.29, 0.717) is 5.69 Å². The molecule has 0 radical (unpaired) electrons. The number of amides is 2. The maximum absolute atomic E-state index is 13.4. The second-order valence-corrected chi connectivity index (χ2v) is 9.13. The van der Waals surface area contributed by atoms with Crippen LogP contribution in [0.5, 0.6) is 0 Å². The first-order valence-electron chi connectivity index (χ1n) is 10.2. The molecule has 3 aromatic rings. The van der Waals surface area contributed by atoms with E-state index >= 15 is 0 Å². The molecule has 4 rings (SSSR count). The first-order chi connectivity index (χ1) is 15.6. The largest absolute Gasteiger partial charge is 0.318 e. The minimum absolute atomic E-state index is 0.0417. The van der Waals surface area contributed by atoms with Gasteiger partial charge < -0.3 is 4.57 Å².